The number of aromatic nitrogens is 2. The van der Waals surface area contributed by atoms with Crippen LogP contribution in [0.4, 0.5) is 4.39 Å². The highest BCUT2D eigenvalue weighted by molar-refractivity contribution is 5.75. The van der Waals surface area contributed by atoms with E-state index in [1.165, 1.54) is 18.9 Å². The average Bonchev–Trinajstić information content (AvgIpc) is 2.75. The number of fused-ring (bicyclic) bond motifs is 1. The molecule has 1 saturated heterocycles. The highest BCUT2D eigenvalue weighted by Crippen LogP contribution is 2.18. The van der Waals surface area contributed by atoms with Crippen molar-refractivity contribution in [3.8, 4) is 0 Å². The van der Waals surface area contributed by atoms with Crippen molar-refractivity contribution in [1.29, 1.82) is 0 Å². The molecule has 1 atom stereocenters. The third-order valence-electron chi connectivity index (χ3n) is 3.42. The van der Waals surface area contributed by atoms with E-state index >= 15 is 0 Å². The van der Waals surface area contributed by atoms with E-state index in [4.69, 9.17) is 0 Å². The quantitative estimate of drug-likeness (QED) is 0.862. The zero-order valence-electron chi connectivity index (χ0n) is 9.69. The van der Waals surface area contributed by atoms with Crippen molar-refractivity contribution in [2.24, 2.45) is 0 Å². The SMILES string of the molecule is Fc1cccc2ncn(CC3CCCCN3)c12. The average molecular weight is 233 g/mol. The van der Waals surface area contributed by atoms with Crippen LogP contribution in [0.1, 0.15) is 19.3 Å². The molecule has 1 aromatic heterocycles. The predicted octanol–water partition coefficient (Wildman–Crippen LogP) is 2.32. The van der Waals surface area contributed by atoms with Gasteiger partial charge in [0.05, 0.1) is 11.8 Å². The molecular weight excluding hydrogens is 217 g/mol. The van der Waals surface area contributed by atoms with Gasteiger partial charge in [0.2, 0.25) is 0 Å². The number of nitrogens with zero attached hydrogens (tertiary/aromatic N) is 2. The van der Waals surface area contributed by atoms with Gasteiger partial charge in [-0.25, -0.2) is 9.37 Å². The minimum atomic E-state index is -0.184. The fraction of sp³-hybridized carbons (Fsp3) is 0.462. The second-order valence-corrected chi connectivity index (χ2v) is 4.65. The molecule has 0 spiro atoms. The minimum Gasteiger partial charge on any atom is -0.327 e. The van der Waals surface area contributed by atoms with Crippen LogP contribution >= 0.6 is 0 Å². The van der Waals surface area contributed by atoms with Crippen LogP contribution in [0.2, 0.25) is 0 Å². The zero-order valence-corrected chi connectivity index (χ0v) is 9.69. The Morgan fingerprint density at radius 3 is 3.18 bits per heavy atom. The molecule has 0 radical (unpaired) electrons. The van der Waals surface area contributed by atoms with Gasteiger partial charge in [-0.2, -0.15) is 0 Å². The lowest BCUT2D eigenvalue weighted by Crippen LogP contribution is -2.37. The van der Waals surface area contributed by atoms with Crippen LogP contribution in [0.25, 0.3) is 11.0 Å². The molecule has 1 N–H and O–H groups in total. The van der Waals surface area contributed by atoms with Gasteiger partial charge in [0.25, 0.3) is 0 Å². The predicted molar refractivity (Wildman–Crippen MR) is 65.3 cm³/mol. The summed E-state index contributed by atoms with van der Waals surface area (Å²) >= 11 is 0. The molecule has 1 aliphatic rings. The third kappa shape index (κ3) is 2.05. The Labute approximate surface area is 99.7 Å². The van der Waals surface area contributed by atoms with E-state index in [2.05, 4.69) is 10.3 Å². The molecule has 0 amide bonds. The van der Waals surface area contributed by atoms with Crippen molar-refractivity contribution in [2.45, 2.75) is 31.8 Å². The van der Waals surface area contributed by atoms with Crippen molar-refractivity contribution in [3.05, 3.63) is 30.3 Å². The van der Waals surface area contributed by atoms with E-state index in [-0.39, 0.29) is 5.82 Å². The Bertz CT molecular complexity index is 514. The van der Waals surface area contributed by atoms with E-state index in [0.29, 0.717) is 11.6 Å². The Balaban J connectivity index is 1.89. The Morgan fingerprint density at radius 2 is 2.35 bits per heavy atom. The van der Waals surface area contributed by atoms with E-state index in [9.17, 15) is 4.39 Å². The summed E-state index contributed by atoms with van der Waals surface area (Å²) in [5, 5.41) is 3.47. The lowest BCUT2D eigenvalue weighted by molar-refractivity contribution is 0.365. The molecule has 3 rings (SSSR count). The van der Waals surface area contributed by atoms with Crippen LogP contribution in [-0.2, 0) is 6.54 Å². The molecule has 4 heteroatoms. The number of nitrogens with one attached hydrogen (secondary N) is 1. The van der Waals surface area contributed by atoms with Gasteiger partial charge in [0.1, 0.15) is 11.3 Å². The molecule has 1 aromatic carbocycles. The summed E-state index contributed by atoms with van der Waals surface area (Å²) in [6.45, 7) is 1.87. The molecule has 1 aliphatic heterocycles. The molecule has 1 unspecified atom stereocenters. The molecule has 90 valence electrons. The standard InChI is InChI=1S/C13H16FN3/c14-11-5-3-6-12-13(11)17(9-16-12)8-10-4-1-2-7-15-10/h3,5-6,9-10,15H,1-2,4,7-8H2. The molecule has 0 saturated carbocycles. The van der Waals surface area contributed by atoms with Crippen LogP contribution in [0, 0.1) is 5.82 Å². The van der Waals surface area contributed by atoms with E-state index in [0.717, 1.165) is 25.0 Å². The number of imidazole rings is 1. The van der Waals surface area contributed by atoms with Crippen LogP contribution < -0.4 is 5.32 Å². The number of halogens is 1. The van der Waals surface area contributed by atoms with Gasteiger partial charge in [-0.3, -0.25) is 0 Å². The van der Waals surface area contributed by atoms with Crippen LogP contribution in [0.3, 0.4) is 0 Å². The fourth-order valence-corrected chi connectivity index (χ4v) is 2.54. The van der Waals surface area contributed by atoms with Gasteiger partial charge in [-0.1, -0.05) is 12.5 Å². The first kappa shape index (κ1) is 10.7. The molecule has 1 fully saturated rings. The van der Waals surface area contributed by atoms with Gasteiger partial charge in [0.15, 0.2) is 0 Å². The number of piperidine rings is 1. The van der Waals surface area contributed by atoms with Gasteiger partial charge in [-0.05, 0) is 31.5 Å². The first-order valence-electron chi connectivity index (χ1n) is 6.17. The maximum absolute atomic E-state index is 13.8. The summed E-state index contributed by atoms with van der Waals surface area (Å²) < 4.78 is 15.7. The van der Waals surface area contributed by atoms with Crippen molar-refractivity contribution < 1.29 is 4.39 Å². The van der Waals surface area contributed by atoms with E-state index in [1.54, 1.807) is 12.4 Å². The van der Waals surface area contributed by atoms with E-state index in [1.807, 2.05) is 10.6 Å². The van der Waals surface area contributed by atoms with Gasteiger partial charge in [-0.15, -0.1) is 0 Å². The zero-order chi connectivity index (χ0) is 11.7. The lowest BCUT2D eigenvalue weighted by Gasteiger charge is -2.23. The number of benzene rings is 1. The van der Waals surface area contributed by atoms with Crippen molar-refractivity contribution >= 4 is 11.0 Å². The molecule has 2 aromatic rings. The number of para-hydroxylation sites is 1. The number of hydrogen-bond donors (Lipinski definition) is 1. The van der Waals surface area contributed by atoms with Gasteiger partial charge < -0.3 is 9.88 Å². The number of hydrogen-bond acceptors (Lipinski definition) is 2. The smallest absolute Gasteiger partial charge is 0.149 e. The minimum absolute atomic E-state index is 0.184. The molecule has 2 heterocycles. The highest BCUT2D eigenvalue weighted by Gasteiger charge is 2.15. The maximum Gasteiger partial charge on any atom is 0.149 e. The van der Waals surface area contributed by atoms with E-state index < -0.39 is 0 Å². The van der Waals surface area contributed by atoms with Crippen molar-refractivity contribution in [1.82, 2.24) is 14.9 Å². The number of rotatable bonds is 2. The van der Waals surface area contributed by atoms with Gasteiger partial charge in [0, 0.05) is 12.6 Å². The fourth-order valence-electron chi connectivity index (χ4n) is 2.54. The van der Waals surface area contributed by atoms with Crippen molar-refractivity contribution in [2.75, 3.05) is 6.54 Å². The molecular formula is C13H16FN3. The highest BCUT2D eigenvalue weighted by atomic mass is 19.1. The second kappa shape index (κ2) is 4.45. The summed E-state index contributed by atoms with van der Waals surface area (Å²) in [5.74, 6) is -0.184. The van der Waals surface area contributed by atoms with Crippen LogP contribution in [0.15, 0.2) is 24.5 Å². The second-order valence-electron chi connectivity index (χ2n) is 4.65. The van der Waals surface area contributed by atoms with Crippen LogP contribution in [-0.4, -0.2) is 22.1 Å². The summed E-state index contributed by atoms with van der Waals surface area (Å²) in [6.07, 6.45) is 5.40. The summed E-state index contributed by atoms with van der Waals surface area (Å²) in [4.78, 5) is 4.24. The van der Waals surface area contributed by atoms with Gasteiger partial charge >= 0.3 is 0 Å². The molecule has 3 nitrogen and oxygen atoms in total. The van der Waals surface area contributed by atoms with Crippen molar-refractivity contribution in [3.63, 3.8) is 0 Å². The topological polar surface area (TPSA) is 29.9 Å². The summed E-state index contributed by atoms with van der Waals surface area (Å²) in [5.41, 5.74) is 1.36. The lowest BCUT2D eigenvalue weighted by atomic mass is 10.1. The molecule has 0 aliphatic carbocycles. The molecule has 17 heavy (non-hydrogen) atoms. The van der Waals surface area contributed by atoms with Crippen LogP contribution in [0.5, 0.6) is 0 Å². The summed E-state index contributed by atoms with van der Waals surface area (Å²) in [6, 6.07) is 5.49. The normalized spacial score (nSPS) is 20.9. The monoisotopic (exact) mass is 233 g/mol. The third-order valence-corrected chi connectivity index (χ3v) is 3.42. The Kier molecular flexibility index (Phi) is 2.81. The Morgan fingerprint density at radius 1 is 1.41 bits per heavy atom. The maximum atomic E-state index is 13.8. The first-order chi connectivity index (χ1) is 8.34. The first-order valence-corrected chi connectivity index (χ1v) is 6.17. The largest absolute Gasteiger partial charge is 0.327 e. The summed E-state index contributed by atoms with van der Waals surface area (Å²) in [7, 11) is 0. The Hall–Kier alpha value is -1.42. The molecule has 0 bridgehead atoms.